The highest BCUT2D eigenvalue weighted by molar-refractivity contribution is 5.96. The van der Waals surface area contributed by atoms with Gasteiger partial charge in [-0.1, -0.05) is 12.1 Å². The minimum atomic E-state index is -0.420. The molecule has 0 unspecified atom stereocenters. The van der Waals surface area contributed by atoms with Gasteiger partial charge in [0.15, 0.2) is 5.78 Å². The number of piperazine rings is 1. The molecule has 0 atom stereocenters. The summed E-state index contributed by atoms with van der Waals surface area (Å²) in [7, 11) is 2.13. The van der Waals surface area contributed by atoms with Crippen LogP contribution in [-0.2, 0) is 0 Å². The van der Waals surface area contributed by atoms with E-state index >= 15 is 0 Å². The zero-order valence-electron chi connectivity index (χ0n) is 12.5. The maximum absolute atomic E-state index is 13.5. The van der Waals surface area contributed by atoms with Gasteiger partial charge in [0.25, 0.3) is 0 Å². The number of rotatable bonds is 4. The quantitative estimate of drug-likeness (QED) is 0.790. The minimum absolute atomic E-state index is 0.111. The largest absolute Gasteiger partial charge is 0.300 e. The number of hydrogen-bond donors (Lipinski definition) is 0. The van der Waals surface area contributed by atoms with Gasteiger partial charge in [-0.25, -0.2) is 4.39 Å². The Hall–Kier alpha value is -1.26. The summed E-state index contributed by atoms with van der Waals surface area (Å²) < 4.78 is 13.5. The molecule has 1 saturated heterocycles. The van der Waals surface area contributed by atoms with Crippen molar-refractivity contribution in [2.45, 2.75) is 25.8 Å². The summed E-state index contributed by atoms with van der Waals surface area (Å²) in [5.41, 5.74) is 0.333. The number of likely N-dealkylation sites (N-methyl/N-ethyl adjacent to an activating group) is 1. The maximum Gasteiger partial charge on any atom is 0.167 e. The molecule has 1 heterocycles. The summed E-state index contributed by atoms with van der Waals surface area (Å²) in [4.78, 5) is 16.7. The van der Waals surface area contributed by atoms with Crippen molar-refractivity contribution in [3.8, 4) is 0 Å². The molecule has 0 N–H and O–H groups in total. The number of carbonyl (C=O) groups excluding carboxylic acids is 1. The van der Waals surface area contributed by atoms with E-state index in [4.69, 9.17) is 0 Å². The number of nitrogens with zero attached hydrogens (tertiary/aromatic N) is 2. The van der Waals surface area contributed by atoms with E-state index in [1.807, 2.05) is 0 Å². The third kappa shape index (κ3) is 3.44. The average Bonchev–Trinajstić information content (AvgIpc) is 2.40. The first-order valence-corrected chi connectivity index (χ1v) is 7.11. The molecule has 20 heavy (non-hydrogen) atoms. The van der Waals surface area contributed by atoms with Crippen molar-refractivity contribution in [3.05, 3.63) is 35.6 Å². The van der Waals surface area contributed by atoms with Crippen LogP contribution in [0.2, 0.25) is 0 Å². The molecule has 0 aliphatic carbocycles. The summed E-state index contributed by atoms with van der Waals surface area (Å²) >= 11 is 0. The SMILES string of the molecule is CN1CCN(CCC(=O)c2ccccc2F)CC1(C)C. The molecule has 1 aromatic rings. The van der Waals surface area contributed by atoms with Gasteiger partial charge in [0, 0.05) is 38.1 Å². The van der Waals surface area contributed by atoms with Crippen molar-refractivity contribution < 1.29 is 9.18 Å². The van der Waals surface area contributed by atoms with Gasteiger partial charge < -0.3 is 0 Å². The van der Waals surface area contributed by atoms with Crippen LogP contribution in [0.3, 0.4) is 0 Å². The predicted molar refractivity (Wildman–Crippen MR) is 78.5 cm³/mol. The van der Waals surface area contributed by atoms with Gasteiger partial charge in [0.05, 0.1) is 5.56 Å². The topological polar surface area (TPSA) is 23.6 Å². The number of ketones is 1. The Kier molecular flexibility index (Phi) is 4.55. The second kappa shape index (κ2) is 6.02. The van der Waals surface area contributed by atoms with Gasteiger partial charge in [-0.15, -0.1) is 0 Å². The number of Topliss-reactive ketones (excluding diaryl/α,β-unsaturated/α-hetero) is 1. The van der Waals surface area contributed by atoms with E-state index in [1.165, 1.54) is 6.07 Å². The third-order valence-corrected chi connectivity index (χ3v) is 4.22. The molecular formula is C16H23FN2O. The zero-order valence-corrected chi connectivity index (χ0v) is 12.5. The Balaban J connectivity index is 1.90. The lowest BCUT2D eigenvalue weighted by atomic mass is 9.99. The second-order valence-corrected chi connectivity index (χ2v) is 6.16. The number of hydrogen-bond acceptors (Lipinski definition) is 3. The monoisotopic (exact) mass is 278 g/mol. The molecule has 3 nitrogen and oxygen atoms in total. The molecular weight excluding hydrogens is 255 g/mol. The summed E-state index contributed by atoms with van der Waals surface area (Å²) in [6, 6.07) is 6.21. The molecule has 0 saturated carbocycles. The lowest BCUT2D eigenvalue weighted by Gasteiger charge is -2.45. The Morgan fingerprint density at radius 1 is 1.30 bits per heavy atom. The van der Waals surface area contributed by atoms with E-state index in [-0.39, 0.29) is 16.9 Å². The second-order valence-electron chi connectivity index (χ2n) is 6.16. The van der Waals surface area contributed by atoms with E-state index in [9.17, 15) is 9.18 Å². The third-order valence-electron chi connectivity index (χ3n) is 4.22. The fraction of sp³-hybridized carbons (Fsp3) is 0.562. The molecule has 0 spiro atoms. The van der Waals surface area contributed by atoms with Gasteiger partial charge in [-0.2, -0.15) is 0 Å². The van der Waals surface area contributed by atoms with Crippen LogP contribution in [0.4, 0.5) is 4.39 Å². The van der Waals surface area contributed by atoms with Gasteiger partial charge in [-0.3, -0.25) is 14.6 Å². The Labute approximate surface area is 120 Å². The minimum Gasteiger partial charge on any atom is -0.300 e. The molecule has 0 bridgehead atoms. The first-order valence-electron chi connectivity index (χ1n) is 7.11. The van der Waals surface area contributed by atoms with E-state index in [1.54, 1.807) is 18.2 Å². The highest BCUT2D eigenvalue weighted by Crippen LogP contribution is 2.19. The Morgan fingerprint density at radius 3 is 2.65 bits per heavy atom. The van der Waals surface area contributed by atoms with E-state index in [0.717, 1.165) is 19.6 Å². The van der Waals surface area contributed by atoms with Crippen molar-refractivity contribution in [2.75, 3.05) is 33.2 Å². The van der Waals surface area contributed by atoms with Crippen LogP contribution in [0.1, 0.15) is 30.6 Å². The molecule has 1 aliphatic heterocycles. The van der Waals surface area contributed by atoms with Crippen LogP contribution in [0.15, 0.2) is 24.3 Å². The maximum atomic E-state index is 13.5. The van der Waals surface area contributed by atoms with Crippen LogP contribution in [0.25, 0.3) is 0 Å². The van der Waals surface area contributed by atoms with Crippen LogP contribution in [0, 0.1) is 5.82 Å². The molecule has 4 heteroatoms. The van der Waals surface area contributed by atoms with Crippen molar-refractivity contribution in [3.63, 3.8) is 0 Å². The standard InChI is InChI=1S/C16H23FN2O/c1-16(2)12-19(11-10-18(16)3)9-8-15(20)13-6-4-5-7-14(13)17/h4-7H,8-12H2,1-3H3. The highest BCUT2D eigenvalue weighted by atomic mass is 19.1. The molecule has 1 aliphatic rings. The van der Waals surface area contributed by atoms with Crippen molar-refractivity contribution in [2.24, 2.45) is 0 Å². The summed E-state index contributed by atoms with van der Waals surface area (Å²) in [6.07, 6.45) is 0.376. The Bertz CT molecular complexity index is 487. The van der Waals surface area contributed by atoms with Crippen molar-refractivity contribution in [1.29, 1.82) is 0 Å². The molecule has 0 aromatic heterocycles. The first kappa shape index (κ1) is 15.1. The normalized spacial score (nSPS) is 20.0. The highest BCUT2D eigenvalue weighted by Gasteiger charge is 2.30. The lowest BCUT2D eigenvalue weighted by molar-refractivity contribution is 0.0390. The van der Waals surface area contributed by atoms with E-state index < -0.39 is 5.82 Å². The van der Waals surface area contributed by atoms with Crippen molar-refractivity contribution >= 4 is 5.78 Å². The number of halogens is 1. The molecule has 1 aromatic carbocycles. The number of benzene rings is 1. The van der Waals surface area contributed by atoms with Gasteiger partial charge in [0.1, 0.15) is 5.82 Å². The van der Waals surface area contributed by atoms with Crippen LogP contribution in [-0.4, -0.2) is 54.3 Å². The van der Waals surface area contributed by atoms with Gasteiger partial charge in [-0.05, 0) is 33.0 Å². The summed E-state index contributed by atoms with van der Waals surface area (Å²) in [5.74, 6) is -0.531. The fourth-order valence-electron chi connectivity index (χ4n) is 2.61. The molecule has 2 rings (SSSR count). The smallest absolute Gasteiger partial charge is 0.167 e. The lowest BCUT2D eigenvalue weighted by Crippen LogP contribution is -2.57. The van der Waals surface area contributed by atoms with Gasteiger partial charge in [0.2, 0.25) is 0 Å². The molecule has 0 amide bonds. The molecule has 0 radical (unpaired) electrons. The van der Waals surface area contributed by atoms with Gasteiger partial charge >= 0.3 is 0 Å². The summed E-state index contributed by atoms with van der Waals surface area (Å²) in [5, 5.41) is 0. The average molecular weight is 278 g/mol. The van der Waals surface area contributed by atoms with Crippen LogP contribution >= 0.6 is 0 Å². The van der Waals surface area contributed by atoms with E-state index in [0.29, 0.717) is 13.0 Å². The Morgan fingerprint density at radius 2 is 2.00 bits per heavy atom. The summed E-state index contributed by atoms with van der Waals surface area (Å²) in [6.45, 7) is 8.01. The predicted octanol–water partition coefficient (Wildman–Crippen LogP) is 2.42. The van der Waals surface area contributed by atoms with E-state index in [2.05, 4.69) is 30.7 Å². The molecule has 1 fully saturated rings. The zero-order chi connectivity index (χ0) is 14.8. The van der Waals surface area contributed by atoms with Crippen molar-refractivity contribution in [1.82, 2.24) is 9.80 Å². The first-order chi connectivity index (χ1) is 9.40. The molecule has 110 valence electrons. The number of carbonyl (C=O) groups is 1. The van der Waals surface area contributed by atoms with Crippen LogP contribution < -0.4 is 0 Å². The fourth-order valence-corrected chi connectivity index (χ4v) is 2.61. The van der Waals surface area contributed by atoms with Crippen LogP contribution in [0.5, 0.6) is 0 Å².